The van der Waals surface area contributed by atoms with E-state index in [-0.39, 0.29) is 28.2 Å². The summed E-state index contributed by atoms with van der Waals surface area (Å²) < 4.78 is 19.2. The van der Waals surface area contributed by atoms with E-state index in [0.29, 0.717) is 5.56 Å². The van der Waals surface area contributed by atoms with Crippen LogP contribution in [0.15, 0.2) is 52.1 Å². The molecule has 0 saturated heterocycles. The Kier molecular flexibility index (Phi) is 4.76. The van der Waals surface area contributed by atoms with Crippen molar-refractivity contribution in [2.45, 2.75) is 19.1 Å². The van der Waals surface area contributed by atoms with E-state index in [1.165, 1.54) is 6.07 Å². The van der Waals surface area contributed by atoms with E-state index in [2.05, 4.69) is 10.2 Å². The summed E-state index contributed by atoms with van der Waals surface area (Å²) in [7, 11) is 0. The van der Waals surface area contributed by atoms with Gasteiger partial charge in [-0.3, -0.25) is 4.79 Å². The van der Waals surface area contributed by atoms with Crippen LogP contribution in [0.1, 0.15) is 21.5 Å². The molecule has 0 aliphatic rings. The Morgan fingerprint density at radius 2 is 1.96 bits per heavy atom. The first-order valence-corrected chi connectivity index (χ1v) is 8.35. The topological polar surface area (TPSA) is 56.0 Å². The minimum absolute atomic E-state index is 0.00755. The van der Waals surface area contributed by atoms with Crippen LogP contribution in [0.2, 0.25) is 0 Å². The monoisotopic (exact) mass is 342 g/mol. The average Bonchev–Trinajstić information content (AvgIpc) is 3.04. The Hall–Kier alpha value is -2.47. The van der Waals surface area contributed by atoms with Crippen LogP contribution in [0.3, 0.4) is 0 Å². The highest BCUT2D eigenvalue weighted by molar-refractivity contribution is 7.99. The van der Waals surface area contributed by atoms with E-state index in [9.17, 15) is 9.18 Å². The standard InChI is InChI=1S/C18H15FN2O2S/c1-11-7-8-12(2)14(9-11)16(22)10-24-18-21-20-17(23-18)13-5-3-4-6-15(13)19/h3-9H,10H2,1-2H3. The van der Waals surface area contributed by atoms with Gasteiger partial charge in [0, 0.05) is 5.56 Å². The van der Waals surface area contributed by atoms with Gasteiger partial charge in [0.05, 0.1) is 11.3 Å². The molecular weight excluding hydrogens is 327 g/mol. The van der Waals surface area contributed by atoms with E-state index >= 15 is 0 Å². The number of hydrogen-bond acceptors (Lipinski definition) is 5. The molecule has 0 aliphatic heterocycles. The molecular formula is C18H15FN2O2S. The lowest BCUT2D eigenvalue weighted by atomic mass is 10.0. The van der Waals surface area contributed by atoms with Crippen LogP contribution in [0.4, 0.5) is 4.39 Å². The molecule has 4 nitrogen and oxygen atoms in total. The molecule has 0 radical (unpaired) electrons. The molecule has 0 saturated carbocycles. The van der Waals surface area contributed by atoms with Gasteiger partial charge < -0.3 is 4.42 Å². The van der Waals surface area contributed by atoms with Crippen LogP contribution in [0.5, 0.6) is 0 Å². The highest BCUT2D eigenvalue weighted by Crippen LogP contribution is 2.25. The zero-order valence-electron chi connectivity index (χ0n) is 13.2. The quantitative estimate of drug-likeness (QED) is 0.506. The zero-order chi connectivity index (χ0) is 17.1. The minimum atomic E-state index is -0.427. The number of thioether (sulfide) groups is 1. The third-order valence-electron chi connectivity index (χ3n) is 3.53. The molecule has 0 atom stereocenters. The van der Waals surface area contributed by atoms with Crippen molar-refractivity contribution in [1.29, 1.82) is 0 Å². The summed E-state index contributed by atoms with van der Waals surface area (Å²) in [6.45, 7) is 3.85. The molecule has 6 heteroatoms. The Morgan fingerprint density at radius 1 is 1.17 bits per heavy atom. The molecule has 3 rings (SSSR count). The third-order valence-corrected chi connectivity index (χ3v) is 4.35. The van der Waals surface area contributed by atoms with Gasteiger partial charge in [-0.15, -0.1) is 10.2 Å². The molecule has 0 fully saturated rings. The first-order valence-electron chi connectivity index (χ1n) is 7.36. The largest absolute Gasteiger partial charge is 0.411 e. The summed E-state index contributed by atoms with van der Waals surface area (Å²) in [4.78, 5) is 12.4. The van der Waals surface area contributed by atoms with E-state index < -0.39 is 5.82 Å². The number of hydrogen-bond donors (Lipinski definition) is 0. The normalized spacial score (nSPS) is 10.8. The lowest BCUT2D eigenvalue weighted by Gasteiger charge is -2.04. The minimum Gasteiger partial charge on any atom is -0.411 e. The number of halogens is 1. The maximum absolute atomic E-state index is 13.7. The maximum atomic E-state index is 13.7. The number of ketones is 1. The fourth-order valence-corrected chi connectivity index (χ4v) is 2.90. The molecule has 122 valence electrons. The maximum Gasteiger partial charge on any atom is 0.277 e. The number of aromatic nitrogens is 2. The van der Waals surface area contributed by atoms with Crippen molar-refractivity contribution >= 4 is 17.5 Å². The Balaban J connectivity index is 1.71. The molecule has 24 heavy (non-hydrogen) atoms. The first-order chi connectivity index (χ1) is 11.5. The number of carbonyl (C=O) groups is 1. The Bertz CT molecular complexity index is 892. The van der Waals surface area contributed by atoms with Crippen LogP contribution in [0, 0.1) is 19.7 Å². The highest BCUT2D eigenvalue weighted by atomic mass is 32.2. The fraction of sp³-hybridized carbons (Fsp3) is 0.167. The molecule has 0 bridgehead atoms. The molecule has 2 aromatic carbocycles. The van der Waals surface area contributed by atoms with Crippen molar-refractivity contribution < 1.29 is 13.6 Å². The van der Waals surface area contributed by atoms with Gasteiger partial charge in [-0.1, -0.05) is 41.6 Å². The average molecular weight is 342 g/mol. The third kappa shape index (κ3) is 3.54. The molecule has 0 unspecified atom stereocenters. The van der Waals surface area contributed by atoms with Crippen molar-refractivity contribution in [3.05, 3.63) is 65.0 Å². The predicted molar refractivity (Wildman–Crippen MR) is 90.7 cm³/mol. The van der Waals surface area contributed by atoms with Crippen molar-refractivity contribution in [2.24, 2.45) is 0 Å². The molecule has 3 aromatic rings. The van der Waals surface area contributed by atoms with Crippen molar-refractivity contribution in [2.75, 3.05) is 5.75 Å². The fourth-order valence-electron chi connectivity index (χ4n) is 2.25. The summed E-state index contributed by atoms with van der Waals surface area (Å²) in [6, 6.07) is 12.0. The van der Waals surface area contributed by atoms with Gasteiger partial charge in [-0.2, -0.15) is 0 Å². The van der Waals surface area contributed by atoms with Crippen LogP contribution in [-0.2, 0) is 0 Å². The van der Waals surface area contributed by atoms with Crippen LogP contribution >= 0.6 is 11.8 Å². The number of carbonyl (C=O) groups excluding carboxylic acids is 1. The second-order valence-electron chi connectivity index (χ2n) is 5.38. The number of nitrogens with zero attached hydrogens (tertiary/aromatic N) is 2. The van der Waals surface area contributed by atoms with Gasteiger partial charge in [0.25, 0.3) is 11.1 Å². The van der Waals surface area contributed by atoms with Gasteiger partial charge in [-0.25, -0.2) is 4.39 Å². The molecule has 1 aromatic heterocycles. The van der Waals surface area contributed by atoms with Gasteiger partial charge >= 0.3 is 0 Å². The highest BCUT2D eigenvalue weighted by Gasteiger charge is 2.15. The van der Waals surface area contributed by atoms with Crippen LogP contribution < -0.4 is 0 Å². The molecule has 0 aliphatic carbocycles. The van der Waals surface area contributed by atoms with Gasteiger partial charge in [-0.05, 0) is 37.6 Å². The van der Waals surface area contributed by atoms with E-state index in [1.807, 2.05) is 32.0 Å². The second kappa shape index (κ2) is 6.97. The number of benzene rings is 2. The molecule has 1 heterocycles. The Labute approximate surface area is 143 Å². The first kappa shape index (κ1) is 16.4. The lowest BCUT2D eigenvalue weighted by Crippen LogP contribution is -2.05. The van der Waals surface area contributed by atoms with Crippen LogP contribution in [-0.4, -0.2) is 21.7 Å². The van der Waals surface area contributed by atoms with Gasteiger partial charge in [0.15, 0.2) is 5.78 Å². The zero-order valence-corrected chi connectivity index (χ0v) is 14.1. The van der Waals surface area contributed by atoms with Gasteiger partial charge in [0.2, 0.25) is 0 Å². The summed E-state index contributed by atoms with van der Waals surface area (Å²) >= 11 is 1.15. The van der Waals surface area contributed by atoms with Crippen LogP contribution in [0.25, 0.3) is 11.5 Å². The summed E-state index contributed by atoms with van der Waals surface area (Å²) in [6.07, 6.45) is 0. The number of Topliss-reactive ketones (excluding diaryl/α,β-unsaturated/α-hetero) is 1. The van der Waals surface area contributed by atoms with Crippen molar-refractivity contribution in [3.63, 3.8) is 0 Å². The van der Waals surface area contributed by atoms with Gasteiger partial charge in [0.1, 0.15) is 5.82 Å². The second-order valence-corrected chi connectivity index (χ2v) is 6.31. The Morgan fingerprint density at radius 3 is 2.75 bits per heavy atom. The summed E-state index contributed by atoms with van der Waals surface area (Å²) in [5, 5.41) is 7.95. The van der Waals surface area contributed by atoms with Crippen molar-refractivity contribution in [1.82, 2.24) is 10.2 Å². The van der Waals surface area contributed by atoms with Crippen molar-refractivity contribution in [3.8, 4) is 11.5 Å². The lowest BCUT2D eigenvalue weighted by molar-refractivity contribution is 0.102. The summed E-state index contributed by atoms with van der Waals surface area (Å²) in [5.41, 5.74) is 2.91. The van der Waals surface area contributed by atoms with E-state index in [4.69, 9.17) is 4.42 Å². The molecule has 0 spiro atoms. The number of aryl methyl sites for hydroxylation is 2. The smallest absolute Gasteiger partial charge is 0.277 e. The predicted octanol–water partition coefficient (Wildman–Crippen LogP) is 4.47. The summed E-state index contributed by atoms with van der Waals surface area (Å²) in [5.74, 6) is -0.144. The van der Waals surface area contributed by atoms with E-state index in [0.717, 1.165) is 22.9 Å². The number of rotatable bonds is 5. The molecule has 0 N–H and O–H groups in total. The van der Waals surface area contributed by atoms with E-state index in [1.54, 1.807) is 18.2 Å². The molecule has 0 amide bonds. The SMILES string of the molecule is Cc1ccc(C)c(C(=O)CSc2nnc(-c3ccccc3F)o2)c1.